The standard InChI is InChI=1S/C15H20N6O6/c16-20-18-9-12(23)17-7-2-1-3-10(15(26)27)19-11(22)6-8-21-13(24)4-5-14(21)25/h4-5,10H,1-3,6-9H2,(H,17,23)(H,19,22)(H,26,27). The normalized spacial score (nSPS) is 13.9. The molecule has 1 heterocycles. The highest BCUT2D eigenvalue weighted by Crippen LogP contribution is 2.05. The second-order valence-electron chi connectivity index (χ2n) is 5.60. The Kier molecular flexibility index (Phi) is 9.03. The van der Waals surface area contributed by atoms with E-state index in [9.17, 15) is 24.0 Å². The summed E-state index contributed by atoms with van der Waals surface area (Å²) in [5, 5.41) is 17.1. The molecule has 4 amide bonds. The molecule has 12 nitrogen and oxygen atoms in total. The summed E-state index contributed by atoms with van der Waals surface area (Å²) in [6.45, 7) is -0.145. The van der Waals surface area contributed by atoms with E-state index in [-0.39, 0.29) is 32.5 Å². The van der Waals surface area contributed by atoms with Crippen LogP contribution in [0.5, 0.6) is 0 Å². The van der Waals surface area contributed by atoms with Gasteiger partial charge in [0.25, 0.3) is 11.8 Å². The Labute approximate surface area is 154 Å². The lowest BCUT2D eigenvalue weighted by molar-refractivity contribution is -0.143. The summed E-state index contributed by atoms with van der Waals surface area (Å²) in [7, 11) is 0. The van der Waals surface area contributed by atoms with Crippen LogP contribution in [0.3, 0.4) is 0 Å². The highest BCUT2D eigenvalue weighted by atomic mass is 16.4. The fraction of sp³-hybridized carbons (Fsp3) is 0.533. The molecule has 0 aromatic carbocycles. The van der Waals surface area contributed by atoms with Crippen LogP contribution >= 0.6 is 0 Å². The van der Waals surface area contributed by atoms with Gasteiger partial charge in [0.1, 0.15) is 12.6 Å². The summed E-state index contributed by atoms with van der Waals surface area (Å²) in [4.78, 5) is 60.4. The minimum atomic E-state index is -1.20. The van der Waals surface area contributed by atoms with E-state index in [0.717, 1.165) is 17.1 Å². The highest BCUT2D eigenvalue weighted by Gasteiger charge is 2.25. The van der Waals surface area contributed by atoms with Gasteiger partial charge in [0.05, 0.1) is 0 Å². The van der Waals surface area contributed by atoms with E-state index in [4.69, 9.17) is 10.6 Å². The number of unbranched alkanes of at least 4 members (excludes halogenated alkanes) is 1. The number of hydrogen-bond acceptors (Lipinski definition) is 6. The molecule has 1 rings (SSSR count). The van der Waals surface area contributed by atoms with Gasteiger partial charge in [-0.1, -0.05) is 5.11 Å². The molecule has 0 fully saturated rings. The van der Waals surface area contributed by atoms with Crippen LogP contribution in [0.4, 0.5) is 0 Å². The van der Waals surface area contributed by atoms with Gasteiger partial charge < -0.3 is 15.7 Å². The van der Waals surface area contributed by atoms with Crippen molar-refractivity contribution < 1.29 is 29.1 Å². The summed E-state index contributed by atoms with van der Waals surface area (Å²) >= 11 is 0. The third-order valence-electron chi connectivity index (χ3n) is 3.62. The molecule has 0 spiro atoms. The van der Waals surface area contributed by atoms with Crippen molar-refractivity contribution in [2.24, 2.45) is 5.11 Å². The van der Waals surface area contributed by atoms with Gasteiger partial charge in [-0.2, -0.15) is 0 Å². The molecule has 1 aliphatic rings. The number of carbonyl (C=O) groups excluding carboxylic acids is 4. The Morgan fingerprint density at radius 1 is 1.19 bits per heavy atom. The number of nitrogens with zero attached hydrogens (tertiary/aromatic N) is 4. The van der Waals surface area contributed by atoms with Gasteiger partial charge in [0.2, 0.25) is 11.8 Å². The van der Waals surface area contributed by atoms with Crippen LogP contribution in [-0.4, -0.2) is 65.3 Å². The van der Waals surface area contributed by atoms with Crippen LogP contribution in [-0.2, 0) is 24.0 Å². The largest absolute Gasteiger partial charge is 0.480 e. The fourth-order valence-corrected chi connectivity index (χ4v) is 2.24. The van der Waals surface area contributed by atoms with Crippen LogP contribution in [0.2, 0.25) is 0 Å². The summed E-state index contributed by atoms with van der Waals surface area (Å²) in [6.07, 6.45) is 3.06. The number of azide groups is 1. The van der Waals surface area contributed by atoms with Crippen molar-refractivity contribution in [3.63, 3.8) is 0 Å². The van der Waals surface area contributed by atoms with Crippen molar-refractivity contribution in [2.75, 3.05) is 19.6 Å². The number of carboxylic acid groups (broad SMARTS) is 1. The molecule has 1 aliphatic heterocycles. The second-order valence-corrected chi connectivity index (χ2v) is 5.60. The van der Waals surface area contributed by atoms with Crippen molar-refractivity contribution in [1.82, 2.24) is 15.5 Å². The topological polar surface area (TPSA) is 182 Å². The number of rotatable bonds is 12. The van der Waals surface area contributed by atoms with E-state index >= 15 is 0 Å². The SMILES string of the molecule is [N-]=[N+]=NCC(=O)NCCCCC(NC(=O)CCN1C(=O)C=CC1=O)C(=O)O. The monoisotopic (exact) mass is 380 g/mol. The maximum absolute atomic E-state index is 11.9. The molecule has 0 saturated carbocycles. The summed E-state index contributed by atoms with van der Waals surface area (Å²) in [5.74, 6) is -3.24. The Balaban J connectivity index is 2.28. The lowest BCUT2D eigenvalue weighted by Gasteiger charge is -2.16. The zero-order chi connectivity index (χ0) is 20.2. The van der Waals surface area contributed by atoms with Gasteiger partial charge in [-0.15, -0.1) is 0 Å². The Hall–Kier alpha value is -3.40. The predicted molar refractivity (Wildman–Crippen MR) is 90.9 cm³/mol. The molecule has 27 heavy (non-hydrogen) atoms. The van der Waals surface area contributed by atoms with Crippen LogP contribution in [0.15, 0.2) is 17.3 Å². The van der Waals surface area contributed by atoms with Crippen molar-refractivity contribution >= 4 is 29.6 Å². The van der Waals surface area contributed by atoms with E-state index in [2.05, 4.69) is 20.7 Å². The molecular formula is C15H20N6O6. The van der Waals surface area contributed by atoms with Crippen LogP contribution in [0.25, 0.3) is 10.4 Å². The number of amides is 4. The number of imide groups is 1. The first-order valence-electron chi connectivity index (χ1n) is 8.18. The molecule has 12 heteroatoms. The maximum Gasteiger partial charge on any atom is 0.326 e. The molecule has 0 saturated heterocycles. The molecule has 0 aromatic rings. The minimum absolute atomic E-state index is 0.125. The first-order valence-corrected chi connectivity index (χ1v) is 8.18. The van der Waals surface area contributed by atoms with Crippen molar-refractivity contribution in [1.29, 1.82) is 0 Å². The smallest absolute Gasteiger partial charge is 0.326 e. The lowest BCUT2D eigenvalue weighted by Crippen LogP contribution is -2.42. The van der Waals surface area contributed by atoms with Gasteiger partial charge in [-0.25, -0.2) is 4.79 Å². The van der Waals surface area contributed by atoms with E-state index in [1.807, 2.05) is 0 Å². The fourth-order valence-electron chi connectivity index (χ4n) is 2.24. The molecule has 0 aromatic heterocycles. The Morgan fingerprint density at radius 2 is 1.85 bits per heavy atom. The van der Waals surface area contributed by atoms with Gasteiger partial charge >= 0.3 is 5.97 Å². The van der Waals surface area contributed by atoms with Crippen molar-refractivity contribution in [3.05, 3.63) is 22.6 Å². The molecular weight excluding hydrogens is 360 g/mol. The van der Waals surface area contributed by atoms with Crippen LogP contribution in [0, 0.1) is 0 Å². The molecule has 1 unspecified atom stereocenters. The Bertz CT molecular complexity index is 666. The van der Waals surface area contributed by atoms with Crippen molar-refractivity contribution in [3.8, 4) is 0 Å². The summed E-state index contributed by atoms with van der Waals surface area (Å²) < 4.78 is 0. The van der Waals surface area contributed by atoms with Crippen molar-refractivity contribution in [2.45, 2.75) is 31.7 Å². The molecule has 146 valence electrons. The first kappa shape index (κ1) is 21.6. The third kappa shape index (κ3) is 8.01. The average molecular weight is 380 g/mol. The molecule has 3 N–H and O–H groups in total. The van der Waals surface area contributed by atoms with Gasteiger partial charge in [-0.05, 0) is 24.8 Å². The Morgan fingerprint density at radius 3 is 2.44 bits per heavy atom. The van der Waals surface area contributed by atoms with E-state index < -0.39 is 35.6 Å². The van der Waals surface area contributed by atoms with E-state index in [0.29, 0.717) is 12.8 Å². The maximum atomic E-state index is 11.9. The lowest BCUT2D eigenvalue weighted by atomic mass is 10.1. The van der Waals surface area contributed by atoms with Crippen LogP contribution in [0.1, 0.15) is 25.7 Å². The molecule has 1 atom stereocenters. The van der Waals surface area contributed by atoms with Gasteiger partial charge in [0, 0.05) is 36.6 Å². The quantitative estimate of drug-likeness (QED) is 0.134. The number of aliphatic carboxylic acids is 1. The molecule has 0 bridgehead atoms. The third-order valence-corrected chi connectivity index (χ3v) is 3.62. The number of carboxylic acids is 1. The van der Waals surface area contributed by atoms with E-state index in [1.165, 1.54) is 0 Å². The zero-order valence-corrected chi connectivity index (χ0v) is 14.5. The van der Waals surface area contributed by atoms with E-state index in [1.54, 1.807) is 0 Å². The predicted octanol–water partition coefficient (Wildman–Crippen LogP) is -0.532. The number of hydrogen-bond donors (Lipinski definition) is 3. The van der Waals surface area contributed by atoms with Gasteiger partial charge in [0.15, 0.2) is 0 Å². The van der Waals surface area contributed by atoms with Crippen LogP contribution < -0.4 is 10.6 Å². The number of nitrogens with one attached hydrogen (secondary N) is 2. The van der Waals surface area contributed by atoms with Gasteiger partial charge in [-0.3, -0.25) is 24.1 Å². The minimum Gasteiger partial charge on any atom is -0.480 e. The summed E-state index contributed by atoms with van der Waals surface area (Å²) in [5.41, 5.74) is 8.08. The average Bonchev–Trinajstić information content (AvgIpc) is 2.94. The molecule has 0 aliphatic carbocycles. The highest BCUT2D eigenvalue weighted by molar-refractivity contribution is 6.13. The number of carbonyl (C=O) groups is 5. The molecule has 0 radical (unpaired) electrons. The first-order chi connectivity index (χ1) is 12.8. The zero-order valence-electron chi connectivity index (χ0n) is 14.5. The second kappa shape index (κ2) is 11.3. The summed E-state index contributed by atoms with van der Waals surface area (Å²) in [6, 6.07) is -1.11.